The van der Waals surface area contributed by atoms with Crippen LogP contribution < -0.4 is 0 Å². The number of ether oxygens (including phenoxy) is 1. The summed E-state index contributed by atoms with van der Waals surface area (Å²) in [5.74, 6) is -0.727. The molecule has 0 aromatic rings. The quantitative estimate of drug-likeness (QED) is 0.425. The van der Waals surface area contributed by atoms with E-state index < -0.39 is 12.0 Å². The molecule has 4 unspecified atom stereocenters. The van der Waals surface area contributed by atoms with Crippen LogP contribution >= 0.6 is 0 Å². The fraction of sp³-hybridized carbons (Fsp3) is 0.750. The lowest BCUT2D eigenvalue weighted by molar-refractivity contribution is -0.141. The third-order valence-corrected chi connectivity index (χ3v) is 2.73. The van der Waals surface area contributed by atoms with Crippen LogP contribution in [0.4, 0.5) is 0 Å². The average Bonchev–Trinajstić information content (AvgIpc) is 2.43. The van der Waals surface area contributed by atoms with E-state index in [0.717, 1.165) is 6.29 Å². The minimum absolute atomic E-state index is 0.0787. The number of aliphatic hydroxyl groups is 1. The monoisotopic (exact) mass is 170 g/mol. The molecule has 0 aromatic heterocycles. The molecule has 2 aliphatic rings. The molecule has 12 heavy (non-hydrogen) atoms. The van der Waals surface area contributed by atoms with Gasteiger partial charge in [0.05, 0.1) is 12.5 Å². The molecule has 0 bridgehead atoms. The summed E-state index contributed by atoms with van der Waals surface area (Å²) in [4.78, 5) is 21.3. The number of aliphatic hydroxyl groups excluding tert-OH is 1. The van der Waals surface area contributed by atoms with Crippen molar-refractivity contribution in [3.63, 3.8) is 0 Å². The maximum Gasteiger partial charge on any atom is 0.306 e. The Morgan fingerprint density at radius 1 is 1.58 bits per heavy atom. The van der Waals surface area contributed by atoms with E-state index in [1.165, 1.54) is 0 Å². The summed E-state index contributed by atoms with van der Waals surface area (Å²) in [5, 5.41) is 9.36. The average molecular weight is 170 g/mol. The zero-order chi connectivity index (χ0) is 8.72. The highest BCUT2D eigenvalue weighted by molar-refractivity contribution is 5.74. The second kappa shape index (κ2) is 2.55. The first-order valence-electron chi connectivity index (χ1n) is 4.05. The van der Waals surface area contributed by atoms with Crippen LogP contribution in [-0.4, -0.2) is 29.6 Å². The first-order chi connectivity index (χ1) is 5.72. The van der Waals surface area contributed by atoms with Crippen molar-refractivity contribution >= 4 is 12.3 Å². The Balaban J connectivity index is 2.16. The van der Waals surface area contributed by atoms with Crippen LogP contribution in [0.2, 0.25) is 0 Å². The molecule has 2 fully saturated rings. The lowest BCUT2D eigenvalue weighted by atomic mass is 9.94. The number of carbonyl (C=O) groups excluding carboxylic acids is 2. The van der Waals surface area contributed by atoms with E-state index in [-0.39, 0.29) is 24.4 Å². The Labute approximate surface area is 69.5 Å². The Hall–Kier alpha value is -0.900. The van der Waals surface area contributed by atoms with Gasteiger partial charge in [0.25, 0.3) is 0 Å². The SMILES string of the molecule is O=CC1C(O)CC2OC(=O)CC21. The predicted molar refractivity (Wildman–Crippen MR) is 38.2 cm³/mol. The number of aldehydes is 1. The van der Waals surface area contributed by atoms with E-state index in [2.05, 4.69) is 0 Å². The molecule has 4 nitrogen and oxygen atoms in total. The zero-order valence-electron chi connectivity index (χ0n) is 6.47. The molecule has 0 amide bonds. The van der Waals surface area contributed by atoms with Crippen LogP contribution in [0.15, 0.2) is 0 Å². The van der Waals surface area contributed by atoms with E-state index in [1.54, 1.807) is 0 Å². The Morgan fingerprint density at radius 2 is 2.33 bits per heavy atom. The van der Waals surface area contributed by atoms with Gasteiger partial charge in [-0.15, -0.1) is 0 Å². The molecular weight excluding hydrogens is 160 g/mol. The summed E-state index contributed by atoms with van der Waals surface area (Å²) in [6.07, 6.45) is 0.593. The smallest absolute Gasteiger partial charge is 0.306 e. The molecule has 1 N–H and O–H groups in total. The second-order valence-electron chi connectivity index (χ2n) is 3.41. The molecule has 1 aliphatic carbocycles. The van der Waals surface area contributed by atoms with Crippen LogP contribution in [0.5, 0.6) is 0 Å². The molecule has 4 heteroatoms. The minimum atomic E-state index is -0.620. The highest BCUT2D eigenvalue weighted by Gasteiger charge is 2.49. The van der Waals surface area contributed by atoms with Crippen LogP contribution in [0.3, 0.4) is 0 Å². The normalized spacial score (nSPS) is 45.6. The van der Waals surface area contributed by atoms with Gasteiger partial charge in [-0.3, -0.25) is 4.79 Å². The predicted octanol–water partition coefficient (Wildman–Crippen LogP) is -0.502. The van der Waals surface area contributed by atoms with E-state index in [4.69, 9.17) is 4.74 Å². The fourth-order valence-electron chi connectivity index (χ4n) is 2.11. The summed E-state index contributed by atoms with van der Waals surface area (Å²) < 4.78 is 4.93. The number of rotatable bonds is 1. The van der Waals surface area contributed by atoms with E-state index >= 15 is 0 Å². The van der Waals surface area contributed by atoms with Crippen LogP contribution in [0.25, 0.3) is 0 Å². The van der Waals surface area contributed by atoms with Gasteiger partial charge >= 0.3 is 5.97 Å². The molecule has 66 valence electrons. The summed E-state index contributed by atoms with van der Waals surface area (Å²) in [6, 6.07) is 0. The summed E-state index contributed by atoms with van der Waals surface area (Å²) >= 11 is 0. The highest BCUT2D eigenvalue weighted by Crippen LogP contribution is 2.40. The number of carbonyl (C=O) groups is 2. The summed E-state index contributed by atoms with van der Waals surface area (Å²) in [6.45, 7) is 0. The number of fused-ring (bicyclic) bond motifs is 1. The number of hydrogen-bond acceptors (Lipinski definition) is 4. The third-order valence-electron chi connectivity index (χ3n) is 2.73. The van der Waals surface area contributed by atoms with Gasteiger partial charge in [-0.2, -0.15) is 0 Å². The minimum Gasteiger partial charge on any atom is -0.462 e. The Morgan fingerprint density at radius 3 is 3.00 bits per heavy atom. The molecule has 1 heterocycles. The first-order valence-corrected chi connectivity index (χ1v) is 4.05. The maximum absolute atomic E-state index is 10.8. The van der Waals surface area contributed by atoms with Gasteiger partial charge < -0.3 is 14.6 Å². The van der Waals surface area contributed by atoms with Gasteiger partial charge in [0.15, 0.2) is 0 Å². The molecule has 1 saturated heterocycles. The lowest BCUT2D eigenvalue weighted by Gasteiger charge is -2.10. The van der Waals surface area contributed by atoms with Gasteiger partial charge in [-0.05, 0) is 0 Å². The van der Waals surface area contributed by atoms with Crippen molar-refractivity contribution in [3.05, 3.63) is 0 Å². The molecule has 4 atom stereocenters. The van der Waals surface area contributed by atoms with Crippen molar-refractivity contribution < 1.29 is 19.4 Å². The second-order valence-corrected chi connectivity index (χ2v) is 3.41. The number of esters is 1. The van der Waals surface area contributed by atoms with Gasteiger partial charge in [0.1, 0.15) is 12.4 Å². The molecule has 0 radical (unpaired) electrons. The van der Waals surface area contributed by atoms with Gasteiger partial charge in [0.2, 0.25) is 0 Å². The van der Waals surface area contributed by atoms with Gasteiger partial charge in [-0.1, -0.05) is 0 Å². The molecule has 1 aliphatic heterocycles. The molecular formula is C8H10O4. The molecule has 2 rings (SSSR count). The summed E-state index contributed by atoms with van der Waals surface area (Å²) in [5.41, 5.74) is 0. The first kappa shape index (κ1) is 7.73. The summed E-state index contributed by atoms with van der Waals surface area (Å²) in [7, 11) is 0. The van der Waals surface area contributed by atoms with E-state index in [1.807, 2.05) is 0 Å². The fourth-order valence-corrected chi connectivity index (χ4v) is 2.11. The maximum atomic E-state index is 10.8. The van der Waals surface area contributed by atoms with Crippen LogP contribution in [-0.2, 0) is 14.3 Å². The lowest BCUT2D eigenvalue weighted by Crippen LogP contribution is -2.21. The molecule has 0 spiro atoms. The van der Waals surface area contributed by atoms with Crippen molar-refractivity contribution in [2.24, 2.45) is 11.8 Å². The molecule has 0 aromatic carbocycles. The van der Waals surface area contributed by atoms with Crippen molar-refractivity contribution in [2.75, 3.05) is 0 Å². The third kappa shape index (κ3) is 0.948. The van der Waals surface area contributed by atoms with Crippen molar-refractivity contribution in [3.8, 4) is 0 Å². The van der Waals surface area contributed by atoms with Crippen LogP contribution in [0.1, 0.15) is 12.8 Å². The van der Waals surface area contributed by atoms with Crippen molar-refractivity contribution in [1.29, 1.82) is 0 Å². The largest absolute Gasteiger partial charge is 0.462 e. The van der Waals surface area contributed by atoms with E-state index in [0.29, 0.717) is 6.42 Å². The molecule has 1 saturated carbocycles. The van der Waals surface area contributed by atoms with E-state index in [9.17, 15) is 14.7 Å². The van der Waals surface area contributed by atoms with Crippen molar-refractivity contribution in [1.82, 2.24) is 0 Å². The number of hydrogen-bond donors (Lipinski definition) is 1. The van der Waals surface area contributed by atoms with Gasteiger partial charge in [-0.25, -0.2) is 0 Å². The van der Waals surface area contributed by atoms with Gasteiger partial charge in [0, 0.05) is 18.3 Å². The topological polar surface area (TPSA) is 63.6 Å². The Bertz CT molecular complexity index is 225. The zero-order valence-corrected chi connectivity index (χ0v) is 6.47. The van der Waals surface area contributed by atoms with Crippen molar-refractivity contribution in [2.45, 2.75) is 25.0 Å². The van der Waals surface area contributed by atoms with Crippen LogP contribution in [0, 0.1) is 11.8 Å². The Kier molecular flexibility index (Phi) is 1.65. The highest BCUT2D eigenvalue weighted by atomic mass is 16.6. The standard InChI is InChI=1S/C8H10O4/c9-3-5-4-1-8(11)12-7(4)2-6(5)10/h3-7,10H,1-2H2.